The number of benzene rings is 1. The van der Waals surface area contributed by atoms with Gasteiger partial charge in [0.2, 0.25) is 5.91 Å². The zero-order chi connectivity index (χ0) is 17.6. The van der Waals surface area contributed by atoms with Crippen molar-refractivity contribution in [2.75, 3.05) is 32.8 Å². The van der Waals surface area contributed by atoms with Crippen molar-refractivity contribution in [3.63, 3.8) is 0 Å². The van der Waals surface area contributed by atoms with Crippen LogP contribution < -0.4 is 5.32 Å². The standard InChI is InChI=1S/C21H25N3O2/c25-20(16-5-6-16)22-12-21-13-24(9-17(21)11-26-14-21)10-18-8-7-15-3-1-2-4-19(15)23-18/h1-4,7-8,16-17H,5-6,9-14H2,(H,22,25)/t17-,21+/m1/s1. The molecule has 2 aromatic rings. The molecule has 5 nitrogen and oxygen atoms in total. The largest absolute Gasteiger partial charge is 0.380 e. The molecule has 1 aromatic heterocycles. The third-order valence-electron chi connectivity index (χ3n) is 6.20. The molecule has 2 saturated heterocycles. The Balaban J connectivity index is 1.27. The number of pyridine rings is 1. The number of carbonyl (C=O) groups is 1. The highest BCUT2D eigenvalue weighted by Crippen LogP contribution is 2.41. The zero-order valence-corrected chi connectivity index (χ0v) is 15.0. The third-order valence-corrected chi connectivity index (χ3v) is 6.20. The van der Waals surface area contributed by atoms with Gasteiger partial charge < -0.3 is 10.1 Å². The molecule has 0 spiro atoms. The first kappa shape index (κ1) is 16.2. The smallest absolute Gasteiger partial charge is 0.223 e. The molecule has 2 aliphatic heterocycles. The second-order valence-electron chi connectivity index (χ2n) is 8.23. The SMILES string of the molecule is O=C(NC[C@]12COC[C@H]1CN(Cc1ccc3ccccc3n1)C2)C1CC1. The maximum Gasteiger partial charge on any atom is 0.223 e. The van der Waals surface area contributed by atoms with Crippen molar-refractivity contribution in [3.8, 4) is 0 Å². The summed E-state index contributed by atoms with van der Waals surface area (Å²) < 4.78 is 5.79. The van der Waals surface area contributed by atoms with E-state index in [1.165, 1.54) is 5.39 Å². The van der Waals surface area contributed by atoms with Crippen LogP contribution in [0, 0.1) is 17.3 Å². The number of fused-ring (bicyclic) bond motifs is 2. The van der Waals surface area contributed by atoms with Crippen molar-refractivity contribution in [1.82, 2.24) is 15.2 Å². The fourth-order valence-electron chi connectivity index (χ4n) is 4.49. The highest BCUT2D eigenvalue weighted by Gasteiger charge is 2.50. The van der Waals surface area contributed by atoms with Crippen molar-refractivity contribution in [2.24, 2.45) is 17.3 Å². The van der Waals surface area contributed by atoms with Gasteiger partial charge in [-0.1, -0.05) is 24.3 Å². The van der Waals surface area contributed by atoms with Gasteiger partial charge in [-0.05, 0) is 25.0 Å². The molecule has 1 saturated carbocycles. The Hall–Kier alpha value is -1.98. The lowest BCUT2D eigenvalue weighted by molar-refractivity contribution is -0.122. The number of rotatable bonds is 5. The Kier molecular flexibility index (Phi) is 3.94. The van der Waals surface area contributed by atoms with Crippen LogP contribution in [-0.4, -0.2) is 48.6 Å². The van der Waals surface area contributed by atoms with Gasteiger partial charge in [0.1, 0.15) is 0 Å². The van der Waals surface area contributed by atoms with E-state index in [1.807, 2.05) is 12.1 Å². The fraction of sp³-hybridized carbons (Fsp3) is 0.524. The highest BCUT2D eigenvalue weighted by molar-refractivity contribution is 5.80. The molecule has 3 heterocycles. The van der Waals surface area contributed by atoms with Gasteiger partial charge >= 0.3 is 0 Å². The molecule has 26 heavy (non-hydrogen) atoms. The average Bonchev–Trinajstić information content (AvgIpc) is 3.35. The summed E-state index contributed by atoms with van der Waals surface area (Å²) in [5.74, 6) is 1.01. The van der Waals surface area contributed by atoms with Crippen molar-refractivity contribution in [1.29, 1.82) is 0 Å². The number of nitrogens with zero attached hydrogens (tertiary/aromatic N) is 2. The van der Waals surface area contributed by atoms with E-state index in [2.05, 4.69) is 34.5 Å². The zero-order valence-electron chi connectivity index (χ0n) is 15.0. The Bertz CT molecular complexity index is 835. The number of ether oxygens (including phenoxy) is 1. The first-order valence-corrected chi connectivity index (χ1v) is 9.64. The number of hydrogen-bond acceptors (Lipinski definition) is 4. The summed E-state index contributed by atoms with van der Waals surface area (Å²) in [5.41, 5.74) is 2.24. The van der Waals surface area contributed by atoms with E-state index in [0.29, 0.717) is 5.92 Å². The van der Waals surface area contributed by atoms with Crippen LogP contribution in [0.2, 0.25) is 0 Å². The van der Waals surface area contributed by atoms with Crippen LogP contribution >= 0.6 is 0 Å². The van der Waals surface area contributed by atoms with E-state index < -0.39 is 0 Å². The molecule has 136 valence electrons. The molecule has 0 unspecified atom stereocenters. The Labute approximate surface area is 153 Å². The summed E-state index contributed by atoms with van der Waals surface area (Å²) >= 11 is 0. The monoisotopic (exact) mass is 351 g/mol. The van der Waals surface area contributed by atoms with Crippen LogP contribution in [0.5, 0.6) is 0 Å². The number of hydrogen-bond donors (Lipinski definition) is 1. The van der Waals surface area contributed by atoms with Crippen LogP contribution in [0.25, 0.3) is 10.9 Å². The molecule has 3 fully saturated rings. The minimum absolute atomic E-state index is 0.0708. The Morgan fingerprint density at radius 1 is 1.27 bits per heavy atom. The third kappa shape index (κ3) is 2.99. The molecule has 1 aliphatic carbocycles. The lowest BCUT2D eigenvalue weighted by atomic mass is 9.81. The molecule has 1 N–H and O–H groups in total. The summed E-state index contributed by atoms with van der Waals surface area (Å²) in [6.45, 7) is 5.16. The van der Waals surface area contributed by atoms with Crippen molar-refractivity contribution in [3.05, 3.63) is 42.1 Å². The van der Waals surface area contributed by atoms with E-state index in [-0.39, 0.29) is 17.2 Å². The summed E-state index contributed by atoms with van der Waals surface area (Å²) in [6.07, 6.45) is 2.11. The van der Waals surface area contributed by atoms with Gasteiger partial charge in [-0.3, -0.25) is 14.7 Å². The van der Waals surface area contributed by atoms with Crippen molar-refractivity contribution in [2.45, 2.75) is 19.4 Å². The van der Waals surface area contributed by atoms with Gasteiger partial charge in [-0.15, -0.1) is 0 Å². The predicted octanol–water partition coefficient (Wildman–Crippen LogP) is 2.21. The normalized spacial score (nSPS) is 28.4. The van der Waals surface area contributed by atoms with E-state index >= 15 is 0 Å². The molecule has 5 rings (SSSR count). The molecule has 1 aromatic carbocycles. The number of likely N-dealkylation sites (tertiary alicyclic amines) is 1. The second kappa shape index (κ2) is 6.32. The molecular weight excluding hydrogens is 326 g/mol. The van der Waals surface area contributed by atoms with Gasteiger partial charge in [-0.2, -0.15) is 0 Å². The molecule has 0 radical (unpaired) electrons. The van der Waals surface area contributed by atoms with Gasteiger partial charge in [0.15, 0.2) is 0 Å². The average molecular weight is 351 g/mol. The molecule has 1 amide bonds. The molecular formula is C21H25N3O2. The van der Waals surface area contributed by atoms with E-state index in [0.717, 1.165) is 63.4 Å². The topological polar surface area (TPSA) is 54.5 Å². The molecule has 5 heteroatoms. The first-order chi connectivity index (χ1) is 12.7. The van der Waals surface area contributed by atoms with Crippen LogP contribution in [0.4, 0.5) is 0 Å². The lowest BCUT2D eigenvalue weighted by Crippen LogP contribution is -2.43. The van der Waals surface area contributed by atoms with Gasteiger partial charge in [0.05, 0.1) is 24.4 Å². The maximum absolute atomic E-state index is 12.1. The molecule has 0 bridgehead atoms. The minimum atomic E-state index is 0.0708. The predicted molar refractivity (Wildman–Crippen MR) is 99.5 cm³/mol. The highest BCUT2D eigenvalue weighted by atomic mass is 16.5. The number of amides is 1. The summed E-state index contributed by atoms with van der Waals surface area (Å²) in [6, 6.07) is 12.5. The van der Waals surface area contributed by atoms with Crippen LogP contribution in [0.1, 0.15) is 18.5 Å². The molecule has 2 atom stereocenters. The second-order valence-corrected chi connectivity index (χ2v) is 8.23. The number of nitrogens with one attached hydrogen (secondary N) is 1. The van der Waals surface area contributed by atoms with Gasteiger partial charge in [-0.25, -0.2) is 0 Å². The van der Waals surface area contributed by atoms with Crippen LogP contribution in [0.3, 0.4) is 0 Å². The summed E-state index contributed by atoms with van der Waals surface area (Å²) in [4.78, 5) is 19.4. The molecule has 3 aliphatic rings. The minimum Gasteiger partial charge on any atom is -0.380 e. The fourth-order valence-corrected chi connectivity index (χ4v) is 4.49. The van der Waals surface area contributed by atoms with E-state index in [1.54, 1.807) is 0 Å². The number of carbonyl (C=O) groups excluding carboxylic acids is 1. The van der Waals surface area contributed by atoms with Crippen LogP contribution in [0.15, 0.2) is 36.4 Å². The van der Waals surface area contributed by atoms with Gasteiger partial charge in [0, 0.05) is 48.8 Å². The quantitative estimate of drug-likeness (QED) is 0.897. The van der Waals surface area contributed by atoms with E-state index in [4.69, 9.17) is 9.72 Å². The summed E-state index contributed by atoms with van der Waals surface area (Å²) in [7, 11) is 0. The van der Waals surface area contributed by atoms with Gasteiger partial charge in [0.25, 0.3) is 0 Å². The van der Waals surface area contributed by atoms with E-state index in [9.17, 15) is 4.79 Å². The Morgan fingerprint density at radius 3 is 3.04 bits per heavy atom. The Morgan fingerprint density at radius 2 is 2.15 bits per heavy atom. The first-order valence-electron chi connectivity index (χ1n) is 9.64. The number of para-hydroxylation sites is 1. The number of aromatic nitrogens is 1. The maximum atomic E-state index is 12.1. The van der Waals surface area contributed by atoms with Crippen LogP contribution in [-0.2, 0) is 16.1 Å². The summed E-state index contributed by atoms with van der Waals surface area (Å²) in [5, 5.41) is 4.38. The van der Waals surface area contributed by atoms with Crippen molar-refractivity contribution < 1.29 is 9.53 Å². The van der Waals surface area contributed by atoms with Crippen molar-refractivity contribution >= 4 is 16.8 Å². The lowest BCUT2D eigenvalue weighted by Gasteiger charge is -2.27.